The van der Waals surface area contributed by atoms with Crippen LogP contribution < -0.4 is 0 Å². The quantitative estimate of drug-likeness (QED) is 0.627. The molecule has 0 saturated carbocycles. The first-order valence-corrected chi connectivity index (χ1v) is 7.83. The third-order valence-corrected chi connectivity index (χ3v) is 7.56. The summed E-state index contributed by atoms with van der Waals surface area (Å²) in [6.45, 7) is 0. The van der Waals surface area contributed by atoms with Crippen LogP contribution in [0.4, 0.5) is 0 Å². The molecule has 3 rings (SSSR count). The minimum Gasteiger partial charge on any atom is -0.151 e. The van der Waals surface area contributed by atoms with Crippen molar-refractivity contribution in [1.82, 2.24) is 0 Å². The van der Waals surface area contributed by atoms with Gasteiger partial charge in [-0.25, -0.2) is 0 Å². The van der Waals surface area contributed by atoms with Gasteiger partial charge in [-0.2, -0.15) is 23.5 Å². The van der Waals surface area contributed by atoms with E-state index < -0.39 is 0 Å². The fraction of sp³-hybridized carbons (Fsp3) is 0.500. The normalized spacial score (nSPS) is 28.0. The highest BCUT2D eigenvalue weighted by molar-refractivity contribution is 8.18. The van der Waals surface area contributed by atoms with Gasteiger partial charge >= 0.3 is 0 Å². The van der Waals surface area contributed by atoms with Crippen molar-refractivity contribution in [3.63, 3.8) is 0 Å². The maximum Gasteiger partial charge on any atom is 0.0259 e. The van der Waals surface area contributed by atoms with Gasteiger partial charge in [-0.05, 0) is 0 Å². The van der Waals surface area contributed by atoms with Crippen molar-refractivity contribution in [2.24, 2.45) is 0 Å². The van der Waals surface area contributed by atoms with Gasteiger partial charge in [-0.15, -0.1) is 0 Å². The third kappa shape index (κ3) is 1.27. The summed E-state index contributed by atoms with van der Waals surface area (Å²) in [6.07, 6.45) is 0. The number of rotatable bonds is 0. The molecule has 0 fully saturated rings. The highest BCUT2D eigenvalue weighted by Crippen LogP contribution is 2.53. The lowest BCUT2D eigenvalue weighted by Crippen LogP contribution is -1.91. The molecule has 0 amide bonds. The Bertz CT molecular complexity index is 235. The van der Waals surface area contributed by atoms with Crippen LogP contribution in [0.2, 0.25) is 0 Å². The van der Waals surface area contributed by atoms with E-state index in [0.717, 1.165) is 0 Å². The maximum atomic E-state index is 2.07. The molecule has 0 spiro atoms. The molecule has 0 aromatic carbocycles. The Balaban J connectivity index is 1.90. The molecule has 0 aliphatic carbocycles. The van der Waals surface area contributed by atoms with Crippen LogP contribution >= 0.6 is 47.0 Å². The molecule has 64 valence electrons. The maximum absolute atomic E-state index is 2.07. The summed E-state index contributed by atoms with van der Waals surface area (Å²) >= 11 is 8.28. The molecule has 0 unspecified atom stereocenters. The zero-order valence-electron chi connectivity index (χ0n) is 6.46. The van der Waals surface area contributed by atoms with E-state index in [1.165, 1.54) is 23.0 Å². The zero-order chi connectivity index (χ0) is 7.97. The minimum atomic E-state index is 1.27. The molecule has 0 atom stereocenters. The van der Waals surface area contributed by atoms with Gasteiger partial charge in [0.1, 0.15) is 0 Å². The summed E-state index contributed by atoms with van der Waals surface area (Å²) in [7, 11) is 0. The minimum absolute atomic E-state index is 1.27. The standard InChI is InChI=1S/C8H8S4/c1-5-6(2-9-1)12-8-4-10-3-7(8)11-5/h1-4H2. The molecule has 0 saturated heterocycles. The average molecular weight is 232 g/mol. The number of hydrogen-bond donors (Lipinski definition) is 0. The van der Waals surface area contributed by atoms with Crippen molar-refractivity contribution >= 4 is 47.0 Å². The highest BCUT2D eigenvalue weighted by Gasteiger charge is 2.28. The second kappa shape index (κ2) is 3.23. The Kier molecular flexibility index (Phi) is 2.21. The van der Waals surface area contributed by atoms with Crippen molar-refractivity contribution in [1.29, 1.82) is 0 Å². The molecular weight excluding hydrogens is 224 g/mol. The largest absolute Gasteiger partial charge is 0.151 e. The van der Waals surface area contributed by atoms with Crippen LogP contribution in [0, 0.1) is 0 Å². The molecular formula is C8H8S4. The van der Waals surface area contributed by atoms with Crippen molar-refractivity contribution in [3.8, 4) is 0 Å². The van der Waals surface area contributed by atoms with E-state index in [1.54, 1.807) is 19.6 Å². The predicted octanol–water partition coefficient (Wildman–Crippen LogP) is 3.38. The Morgan fingerprint density at radius 3 is 1.25 bits per heavy atom. The lowest BCUT2D eigenvalue weighted by atomic mass is 10.5. The van der Waals surface area contributed by atoms with Crippen molar-refractivity contribution in [3.05, 3.63) is 19.6 Å². The summed E-state index contributed by atoms with van der Waals surface area (Å²) < 4.78 is 0. The van der Waals surface area contributed by atoms with E-state index in [-0.39, 0.29) is 0 Å². The van der Waals surface area contributed by atoms with Crippen LogP contribution in [0.25, 0.3) is 0 Å². The predicted molar refractivity (Wildman–Crippen MR) is 63.9 cm³/mol. The Hall–Kier alpha value is 0.880. The topological polar surface area (TPSA) is 0 Å². The highest BCUT2D eigenvalue weighted by atomic mass is 32.2. The third-order valence-electron chi connectivity index (χ3n) is 2.05. The monoisotopic (exact) mass is 232 g/mol. The summed E-state index contributed by atoms with van der Waals surface area (Å²) in [5.41, 5.74) is 0. The van der Waals surface area contributed by atoms with Gasteiger partial charge in [-0.1, -0.05) is 23.5 Å². The molecule has 0 aromatic rings. The molecule has 0 radical (unpaired) electrons. The van der Waals surface area contributed by atoms with Crippen LogP contribution in [0.1, 0.15) is 0 Å². The van der Waals surface area contributed by atoms with E-state index in [9.17, 15) is 0 Å². The van der Waals surface area contributed by atoms with Crippen LogP contribution in [-0.4, -0.2) is 23.0 Å². The first kappa shape index (κ1) is 8.21. The second-order valence-corrected chi connectivity index (χ2v) is 7.23. The zero-order valence-corrected chi connectivity index (χ0v) is 9.73. The van der Waals surface area contributed by atoms with Gasteiger partial charge in [-0.3, -0.25) is 0 Å². The lowest BCUT2D eigenvalue weighted by Gasteiger charge is -2.14. The van der Waals surface area contributed by atoms with Crippen LogP contribution in [0.15, 0.2) is 19.6 Å². The number of thioether (sulfide) groups is 4. The van der Waals surface area contributed by atoms with E-state index >= 15 is 0 Å². The lowest BCUT2D eigenvalue weighted by molar-refractivity contribution is 1.60. The molecule has 3 heterocycles. The summed E-state index contributed by atoms with van der Waals surface area (Å²) in [4.78, 5) is 6.63. The fourth-order valence-corrected chi connectivity index (χ4v) is 7.23. The van der Waals surface area contributed by atoms with Gasteiger partial charge in [0.05, 0.1) is 0 Å². The van der Waals surface area contributed by atoms with Crippen molar-refractivity contribution in [2.45, 2.75) is 0 Å². The Morgan fingerprint density at radius 2 is 0.917 bits per heavy atom. The fourth-order valence-electron chi connectivity index (χ4n) is 1.44. The van der Waals surface area contributed by atoms with E-state index in [4.69, 9.17) is 0 Å². The molecule has 4 heteroatoms. The summed E-state index contributed by atoms with van der Waals surface area (Å²) in [5.74, 6) is 5.09. The van der Waals surface area contributed by atoms with Gasteiger partial charge in [0.15, 0.2) is 0 Å². The van der Waals surface area contributed by atoms with Gasteiger partial charge in [0.25, 0.3) is 0 Å². The van der Waals surface area contributed by atoms with Crippen molar-refractivity contribution in [2.75, 3.05) is 23.0 Å². The SMILES string of the molecule is C1SCC2=C1SC1=C(CSC1)S2. The first-order valence-electron chi connectivity index (χ1n) is 3.89. The Labute approximate surface area is 89.4 Å². The van der Waals surface area contributed by atoms with Crippen molar-refractivity contribution < 1.29 is 0 Å². The molecule has 3 aliphatic heterocycles. The molecule has 0 nitrogen and oxygen atoms in total. The molecule has 0 N–H and O–H groups in total. The summed E-state index contributed by atoms with van der Waals surface area (Å²) in [6, 6.07) is 0. The van der Waals surface area contributed by atoms with Crippen LogP contribution in [-0.2, 0) is 0 Å². The molecule has 0 aromatic heterocycles. The smallest absolute Gasteiger partial charge is 0.0259 e. The van der Waals surface area contributed by atoms with Crippen LogP contribution in [0.5, 0.6) is 0 Å². The Morgan fingerprint density at radius 1 is 0.583 bits per heavy atom. The summed E-state index contributed by atoms with van der Waals surface area (Å²) in [5, 5.41) is 0. The first-order chi connectivity index (χ1) is 5.93. The van der Waals surface area contributed by atoms with E-state index in [2.05, 4.69) is 47.0 Å². The van der Waals surface area contributed by atoms with Gasteiger partial charge in [0, 0.05) is 42.6 Å². The van der Waals surface area contributed by atoms with Gasteiger partial charge in [0.2, 0.25) is 0 Å². The van der Waals surface area contributed by atoms with Gasteiger partial charge < -0.3 is 0 Å². The molecule has 12 heavy (non-hydrogen) atoms. The van der Waals surface area contributed by atoms with Crippen LogP contribution in [0.3, 0.4) is 0 Å². The van der Waals surface area contributed by atoms with E-state index in [1.807, 2.05) is 0 Å². The average Bonchev–Trinajstić information content (AvgIpc) is 2.64. The number of hydrogen-bond acceptors (Lipinski definition) is 4. The molecule has 0 bridgehead atoms. The van der Waals surface area contributed by atoms with E-state index in [0.29, 0.717) is 0 Å². The molecule has 3 aliphatic rings. The second-order valence-electron chi connectivity index (χ2n) is 2.88.